The van der Waals surface area contributed by atoms with Crippen LogP contribution < -0.4 is 10.6 Å². The van der Waals surface area contributed by atoms with Crippen LogP contribution in [0.4, 0.5) is 0 Å². The number of nitrogens with zero attached hydrogens (tertiary/aromatic N) is 3. The van der Waals surface area contributed by atoms with Crippen molar-refractivity contribution < 1.29 is 0 Å². The van der Waals surface area contributed by atoms with Crippen LogP contribution in [-0.4, -0.2) is 74.7 Å². The average molecular weight is 522 g/mol. The number of aliphatic imine (C=N–C) groups is 1. The van der Waals surface area contributed by atoms with Gasteiger partial charge in [0, 0.05) is 57.2 Å². The molecular formula is C21H40IN5S. The fraction of sp³-hybridized carbons (Fsp3) is 0.762. The minimum absolute atomic E-state index is 0. The second-order valence-electron chi connectivity index (χ2n) is 7.83. The van der Waals surface area contributed by atoms with Gasteiger partial charge in [0.1, 0.15) is 0 Å². The molecule has 1 aromatic rings. The van der Waals surface area contributed by atoms with Gasteiger partial charge in [-0.15, -0.1) is 35.3 Å². The molecular weight excluding hydrogens is 481 g/mol. The summed E-state index contributed by atoms with van der Waals surface area (Å²) < 4.78 is 0. The summed E-state index contributed by atoms with van der Waals surface area (Å²) in [4.78, 5) is 11.4. The van der Waals surface area contributed by atoms with Gasteiger partial charge in [-0.2, -0.15) is 0 Å². The van der Waals surface area contributed by atoms with E-state index in [4.69, 9.17) is 4.99 Å². The molecule has 1 saturated heterocycles. The van der Waals surface area contributed by atoms with Crippen LogP contribution in [-0.2, 0) is 6.42 Å². The lowest BCUT2D eigenvalue weighted by Gasteiger charge is -2.35. The second-order valence-corrected chi connectivity index (χ2v) is 8.86. The van der Waals surface area contributed by atoms with E-state index in [1.54, 1.807) is 0 Å². The van der Waals surface area contributed by atoms with Gasteiger partial charge in [-0.05, 0) is 43.2 Å². The molecule has 28 heavy (non-hydrogen) atoms. The largest absolute Gasteiger partial charge is 0.357 e. The van der Waals surface area contributed by atoms with Crippen molar-refractivity contribution in [2.75, 3.05) is 58.9 Å². The predicted molar refractivity (Wildman–Crippen MR) is 134 cm³/mol. The van der Waals surface area contributed by atoms with E-state index in [1.807, 2.05) is 11.3 Å². The van der Waals surface area contributed by atoms with Crippen LogP contribution in [0.5, 0.6) is 0 Å². The van der Waals surface area contributed by atoms with Crippen molar-refractivity contribution in [3.05, 3.63) is 22.4 Å². The summed E-state index contributed by atoms with van der Waals surface area (Å²) >= 11 is 1.84. The Morgan fingerprint density at radius 3 is 2.43 bits per heavy atom. The van der Waals surface area contributed by atoms with Gasteiger partial charge in [-0.3, -0.25) is 4.99 Å². The Kier molecular flexibility index (Phi) is 13.4. The van der Waals surface area contributed by atoms with Crippen LogP contribution in [0.15, 0.2) is 22.5 Å². The minimum Gasteiger partial charge on any atom is -0.357 e. The Morgan fingerprint density at radius 2 is 1.82 bits per heavy atom. The Hall–Kier alpha value is -0.380. The number of piperazine rings is 1. The van der Waals surface area contributed by atoms with E-state index in [1.165, 1.54) is 44.1 Å². The first-order chi connectivity index (χ1) is 13.1. The normalized spacial score (nSPS) is 18.4. The first-order valence-electron chi connectivity index (χ1n) is 10.6. The molecule has 1 fully saturated rings. The van der Waals surface area contributed by atoms with Gasteiger partial charge < -0.3 is 20.4 Å². The van der Waals surface area contributed by atoms with Crippen molar-refractivity contribution in [3.63, 3.8) is 0 Å². The van der Waals surface area contributed by atoms with Crippen molar-refractivity contribution in [3.8, 4) is 0 Å². The maximum Gasteiger partial charge on any atom is 0.191 e. The van der Waals surface area contributed by atoms with Gasteiger partial charge in [0.15, 0.2) is 5.96 Å². The third-order valence-corrected chi connectivity index (χ3v) is 6.03. The lowest BCUT2D eigenvalue weighted by molar-refractivity contribution is 0.124. The summed E-state index contributed by atoms with van der Waals surface area (Å²) in [6.45, 7) is 18.9. The molecule has 1 aliphatic heterocycles. The zero-order chi connectivity index (χ0) is 19.5. The first-order valence-corrected chi connectivity index (χ1v) is 11.5. The molecule has 2 unspecified atom stereocenters. The van der Waals surface area contributed by atoms with E-state index in [9.17, 15) is 0 Å². The molecule has 0 saturated carbocycles. The van der Waals surface area contributed by atoms with E-state index >= 15 is 0 Å². The Labute approximate surface area is 193 Å². The first kappa shape index (κ1) is 25.7. The monoisotopic (exact) mass is 521 g/mol. The van der Waals surface area contributed by atoms with E-state index < -0.39 is 0 Å². The summed E-state index contributed by atoms with van der Waals surface area (Å²) in [7, 11) is 0. The fourth-order valence-corrected chi connectivity index (χ4v) is 4.36. The lowest BCUT2D eigenvalue weighted by Crippen LogP contribution is -2.48. The molecule has 5 nitrogen and oxygen atoms in total. The van der Waals surface area contributed by atoms with Crippen LogP contribution in [0.1, 0.15) is 32.6 Å². The molecule has 0 aromatic carbocycles. The topological polar surface area (TPSA) is 42.9 Å². The molecule has 0 amide bonds. The van der Waals surface area contributed by atoms with Gasteiger partial charge in [0.2, 0.25) is 0 Å². The smallest absolute Gasteiger partial charge is 0.191 e. The number of guanidine groups is 1. The highest BCUT2D eigenvalue weighted by molar-refractivity contribution is 14.0. The highest BCUT2D eigenvalue weighted by Gasteiger charge is 2.17. The van der Waals surface area contributed by atoms with E-state index in [0.717, 1.165) is 32.0 Å². The maximum absolute atomic E-state index is 4.81. The second kappa shape index (κ2) is 14.6. The quantitative estimate of drug-likeness (QED) is 0.282. The molecule has 0 bridgehead atoms. The third-order valence-electron chi connectivity index (χ3n) is 5.14. The zero-order valence-electron chi connectivity index (χ0n) is 18.1. The Morgan fingerprint density at radius 1 is 1.11 bits per heavy atom. The molecule has 1 aliphatic rings. The number of nitrogens with one attached hydrogen (secondary N) is 2. The lowest BCUT2D eigenvalue weighted by atomic mass is 10.1. The molecule has 2 heterocycles. The standard InChI is InChI=1S/C21H39N5S.HI/c1-5-22-21(23-15-18(3)14-20-8-7-13-27-20)24-16-19(4)17-26-11-9-25(6-2)10-12-26;/h7-8,13,18-19H,5-6,9-12,14-17H2,1-4H3,(H2,22,23,24);1H. The molecule has 0 radical (unpaired) electrons. The molecule has 2 N–H and O–H groups in total. The summed E-state index contributed by atoms with van der Waals surface area (Å²) in [5.41, 5.74) is 0. The minimum atomic E-state index is 0. The zero-order valence-corrected chi connectivity index (χ0v) is 21.3. The number of hydrogen-bond acceptors (Lipinski definition) is 4. The van der Waals surface area contributed by atoms with Crippen LogP contribution >= 0.6 is 35.3 Å². The summed E-state index contributed by atoms with van der Waals surface area (Å²) in [6.07, 6.45) is 1.11. The van der Waals surface area contributed by atoms with Gasteiger partial charge in [-0.1, -0.05) is 26.8 Å². The molecule has 7 heteroatoms. The highest BCUT2D eigenvalue weighted by atomic mass is 127. The average Bonchev–Trinajstić information content (AvgIpc) is 3.17. The Balaban J connectivity index is 0.00000392. The molecule has 2 rings (SSSR count). The third kappa shape index (κ3) is 9.89. The van der Waals surface area contributed by atoms with Gasteiger partial charge in [0.25, 0.3) is 0 Å². The number of halogens is 1. The summed E-state index contributed by atoms with van der Waals surface area (Å²) in [5, 5.41) is 9.09. The van der Waals surface area contributed by atoms with Crippen molar-refractivity contribution >= 4 is 41.3 Å². The summed E-state index contributed by atoms with van der Waals surface area (Å²) in [5.74, 6) is 2.13. The van der Waals surface area contributed by atoms with Gasteiger partial charge >= 0.3 is 0 Å². The van der Waals surface area contributed by atoms with E-state index in [0.29, 0.717) is 11.8 Å². The van der Waals surface area contributed by atoms with Crippen molar-refractivity contribution in [1.82, 2.24) is 20.4 Å². The SMILES string of the molecule is CCNC(=NCC(C)Cc1cccs1)NCC(C)CN1CCN(CC)CC1.I. The van der Waals surface area contributed by atoms with E-state index in [-0.39, 0.29) is 24.0 Å². The highest BCUT2D eigenvalue weighted by Crippen LogP contribution is 2.14. The molecule has 1 aromatic heterocycles. The number of likely N-dealkylation sites (N-methyl/N-ethyl adjacent to an activating group) is 1. The van der Waals surface area contributed by atoms with Crippen molar-refractivity contribution in [2.24, 2.45) is 16.8 Å². The number of thiophene rings is 1. The number of rotatable bonds is 10. The van der Waals surface area contributed by atoms with Crippen molar-refractivity contribution in [1.29, 1.82) is 0 Å². The Bertz CT molecular complexity index is 529. The van der Waals surface area contributed by atoms with Crippen LogP contribution in [0, 0.1) is 11.8 Å². The van der Waals surface area contributed by atoms with Gasteiger partial charge in [-0.25, -0.2) is 0 Å². The van der Waals surface area contributed by atoms with Crippen LogP contribution in [0.2, 0.25) is 0 Å². The number of hydrogen-bond donors (Lipinski definition) is 2. The fourth-order valence-electron chi connectivity index (χ4n) is 3.49. The molecule has 0 aliphatic carbocycles. The van der Waals surface area contributed by atoms with Crippen molar-refractivity contribution in [2.45, 2.75) is 34.1 Å². The van der Waals surface area contributed by atoms with E-state index in [2.05, 4.69) is 65.6 Å². The van der Waals surface area contributed by atoms with Crippen LogP contribution in [0.25, 0.3) is 0 Å². The van der Waals surface area contributed by atoms with Crippen LogP contribution in [0.3, 0.4) is 0 Å². The molecule has 2 atom stereocenters. The van der Waals surface area contributed by atoms with Gasteiger partial charge in [0.05, 0.1) is 0 Å². The maximum atomic E-state index is 4.81. The summed E-state index contributed by atoms with van der Waals surface area (Å²) in [6, 6.07) is 4.35. The predicted octanol–water partition coefficient (Wildman–Crippen LogP) is 3.37. The molecule has 0 spiro atoms. The molecule has 162 valence electrons.